The van der Waals surface area contributed by atoms with Crippen molar-refractivity contribution in [3.8, 4) is 0 Å². The van der Waals surface area contributed by atoms with Crippen LogP contribution in [0.5, 0.6) is 0 Å². The van der Waals surface area contributed by atoms with Gasteiger partial charge in [-0.15, -0.1) is 0 Å². The predicted molar refractivity (Wildman–Crippen MR) is 72.8 cm³/mol. The molecule has 0 fully saturated rings. The van der Waals surface area contributed by atoms with Crippen molar-refractivity contribution < 1.29 is 0 Å². The largest absolute Gasteiger partial charge is 0.315 e. The van der Waals surface area contributed by atoms with Crippen molar-refractivity contribution >= 4 is 15.9 Å². The van der Waals surface area contributed by atoms with Crippen molar-refractivity contribution in [3.63, 3.8) is 0 Å². The fourth-order valence-electron chi connectivity index (χ4n) is 2.55. The van der Waals surface area contributed by atoms with Crippen LogP contribution in [0.4, 0.5) is 0 Å². The lowest BCUT2D eigenvalue weighted by Crippen LogP contribution is -2.46. The van der Waals surface area contributed by atoms with E-state index in [4.69, 9.17) is 0 Å². The third-order valence-electron chi connectivity index (χ3n) is 4.06. The number of hydrogen-bond donors (Lipinski definition) is 1. The first-order valence-corrected chi connectivity index (χ1v) is 6.78. The van der Waals surface area contributed by atoms with Crippen molar-refractivity contribution in [2.24, 2.45) is 5.92 Å². The molecule has 1 aromatic carbocycles. The second-order valence-electron chi connectivity index (χ2n) is 5.32. The van der Waals surface area contributed by atoms with Crippen LogP contribution in [0.15, 0.2) is 22.7 Å². The highest BCUT2D eigenvalue weighted by molar-refractivity contribution is 9.10. The number of hydrogen-bond acceptors (Lipinski definition) is 1. The van der Waals surface area contributed by atoms with E-state index in [0.29, 0.717) is 0 Å². The molecular formula is C14H20BrN. The average molecular weight is 282 g/mol. The summed E-state index contributed by atoms with van der Waals surface area (Å²) in [7, 11) is 2.07. The second kappa shape index (κ2) is 4.50. The molecule has 16 heavy (non-hydrogen) atoms. The first kappa shape index (κ1) is 12.1. The quantitative estimate of drug-likeness (QED) is 0.874. The molecule has 0 amide bonds. The van der Waals surface area contributed by atoms with Crippen LogP contribution in [-0.2, 0) is 12.8 Å². The predicted octanol–water partition coefficient (Wildman–Crippen LogP) is 3.55. The van der Waals surface area contributed by atoms with E-state index >= 15 is 0 Å². The highest BCUT2D eigenvalue weighted by Gasteiger charge is 2.30. The summed E-state index contributed by atoms with van der Waals surface area (Å²) in [6, 6.07) is 6.71. The van der Waals surface area contributed by atoms with E-state index in [-0.39, 0.29) is 5.54 Å². The maximum atomic E-state index is 3.56. The van der Waals surface area contributed by atoms with Gasteiger partial charge in [-0.25, -0.2) is 0 Å². The van der Waals surface area contributed by atoms with Crippen molar-refractivity contribution in [3.05, 3.63) is 33.8 Å². The zero-order valence-electron chi connectivity index (χ0n) is 10.3. The molecule has 1 atom stereocenters. The maximum Gasteiger partial charge on any atom is 0.0178 e. The lowest BCUT2D eigenvalue weighted by Gasteiger charge is -2.37. The Morgan fingerprint density at radius 1 is 1.31 bits per heavy atom. The molecule has 0 radical (unpaired) electrons. The van der Waals surface area contributed by atoms with E-state index in [1.807, 2.05) is 0 Å². The van der Waals surface area contributed by atoms with Crippen molar-refractivity contribution in [2.75, 3.05) is 7.05 Å². The van der Waals surface area contributed by atoms with Gasteiger partial charge in [-0.05, 0) is 69.3 Å². The van der Waals surface area contributed by atoms with Gasteiger partial charge in [-0.2, -0.15) is 0 Å². The number of nitrogens with one attached hydrogen (secondary N) is 1. The average Bonchev–Trinajstić information content (AvgIpc) is 2.28. The monoisotopic (exact) mass is 281 g/mol. The van der Waals surface area contributed by atoms with Gasteiger partial charge in [0.25, 0.3) is 0 Å². The molecule has 1 aliphatic carbocycles. The summed E-state index contributed by atoms with van der Waals surface area (Å²) in [6.07, 6.45) is 3.71. The number of rotatable bonds is 2. The van der Waals surface area contributed by atoms with Gasteiger partial charge in [0.2, 0.25) is 0 Å². The summed E-state index contributed by atoms with van der Waals surface area (Å²) in [6.45, 7) is 4.61. The Balaban J connectivity index is 2.23. The van der Waals surface area contributed by atoms with Crippen LogP contribution < -0.4 is 5.32 Å². The summed E-state index contributed by atoms with van der Waals surface area (Å²) in [5.74, 6) is 0.735. The number of benzene rings is 1. The zero-order chi connectivity index (χ0) is 11.8. The van der Waals surface area contributed by atoms with Crippen LogP contribution in [-0.4, -0.2) is 12.6 Å². The highest BCUT2D eigenvalue weighted by atomic mass is 79.9. The normalized spacial score (nSPS) is 20.6. The molecule has 1 nitrogen and oxygen atoms in total. The van der Waals surface area contributed by atoms with Gasteiger partial charge in [0.15, 0.2) is 0 Å². The summed E-state index contributed by atoms with van der Waals surface area (Å²) < 4.78 is 1.20. The Kier molecular flexibility index (Phi) is 3.41. The first-order chi connectivity index (χ1) is 7.53. The molecule has 0 aliphatic heterocycles. The zero-order valence-corrected chi connectivity index (χ0v) is 11.9. The van der Waals surface area contributed by atoms with Gasteiger partial charge in [-0.1, -0.05) is 22.0 Å². The maximum absolute atomic E-state index is 3.56. The van der Waals surface area contributed by atoms with Gasteiger partial charge in [0.1, 0.15) is 0 Å². The Morgan fingerprint density at radius 3 is 2.75 bits per heavy atom. The summed E-state index contributed by atoms with van der Waals surface area (Å²) in [4.78, 5) is 0. The smallest absolute Gasteiger partial charge is 0.0178 e. The molecule has 0 saturated carbocycles. The number of aryl methyl sites for hydroxylation is 1. The van der Waals surface area contributed by atoms with Crippen LogP contribution in [0.3, 0.4) is 0 Å². The summed E-state index contributed by atoms with van der Waals surface area (Å²) >= 11 is 3.56. The number of halogens is 1. The second-order valence-corrected chi connectivity index (χ2v) is 6.24. The molecule has 0 bridgehead atoms. The topological polar surface area (TPSA) is 12.0 Å². The van der Waals surface area contributed by atoms with Crippen molar-refractivity contribution in [1.29, 1.82) is 0 Å². The van der Waals surface area contributed by atoms with Crippen LogP contribution in [0.25, 0.3) is 0 Å². The molecule has 88 valence electrons. The van der Waals surface area contributed by atoms with Crippen LogP contribution in [0, 0.1) is 5.92 Å². The van der Waals surface area contributed by atoms with Crippen LogP contribution in [0.2, 0.25) is 0 Å². The lowest BCUT2D eigenvalue weighted by atomic mass is 9.74. The Hall–Kier alpha value is -0.340. The number of fused-ring (bicyclic) bond motifs is 1. The van der Waals surface area contributed by atoms with Crippen LogP contribution >= 0.6 is 15.9 Å². The summed E-state index contributed by atoms with van der Waals surface area (Å²) in [5, 5.41) is 3.44. The van der Waals surface area contributed by atoms with Gasteiger partial charge in [-0.3, -0.25) is 0 Å². The SMILES string of the molecule is CNC(C)(C)C1CCc2ccc(Br)cc2C1. The standard InChI is InChI=1S/C14H20BrN/c1-14(2,16-3)12-6-4-10-5-7-13(15)9-11(10)8-12/h5,7,9,12,16H,4,6,8H2,1-3H3. The molecule has 0 saturated heterocycles. The lowest BCUT2D eigenvalue weighted by molar-refractivity contribution is 0.244. The molecule has 1 unspecified atom stereocenters. The van der Waals surface area contributed by atoms with E-state index in [1.165, 1.54) is 34.9 Å². The Bertz CT molecular complexity index is 384. The Morgan fingerprint density at radius 2 is 2.06 bits per heavy atom. The minimum Gasteiger partial charge on any atom is -0.315 e. The van der Waals surface area contributed by atoms with Gasteiger partial charge >= 0.3 is 0 Å². The van der Waals surface area contributed by atoms with Gasteiger partial charge < -0.3 is 5.32 Å². The molecule has 0 aromatic heterocycles. The van der Waals surface area contributed by atoms with E-state index in [1.54, 1.807) is 0 Å². The fraction of sp³-hybridized carbons (Fsp3) is 0.571. The third kappa shape index (κ3) is 2.33. The van der Waals surface area contributed by atoms with E-state index in [9.17, 15) is 0 Å². The minimum absolute atomic E-state index is 0.236. The molecular weight excluding hydrogens is 262 g/mol. The highest BCUT2D eigenvalue weighted by Crippen LogP contribution is 2.33. The third-order valence-corrected chi connectivity index (χ3v) is 4.55. The first-order valence-electron chi connectivity index (χ1n) is 5.99. The molecule has 1 aliphatic rings. The van der Waals surface area contributed by atoms with E-state index in [2.05, 4.69) is 60.3 Å². The van der Waals surface area contributed by atoms with Crippen LogP contribution in [0.1, 0.15) is 31.4 Å². The fourth-order valence-corrected chi connectivity index (χ4v) is 2.95. The molecule has 0 heterocycles. The molecule has 1 aromatic rings. The Labute approximate surface area is 107 Å². The molecule has 2 rings (SSSR count). The molecule has 2 heteroatoms. The molecule has 1 N–H and O–H groups in total. The van der Waals surface area contributed by atoms with Gasteiger partial charge in [0, 0.05) is 10.0 Å². The minimum atomic E-state index is 0.236. The molecule has 0 spiro atoms. The summed E-state index contributed by atoms with van der Waals surface area (Å²) in [5.41, 5.74) is 3.29. The van der Waals surface area contributed by atoms with Crippen molar-refractivity contribution in [1.82, 2.24) is 5.32 Å². The van der Waals surface area contributed by atoms with E-state index < -0.39 is 0 Å². The van der Waals surface area contributed by atoms with Crippen molar-refractivity contribution in [2.45, 2.75) is 38.6 Å². The van der Waals surface area contributed by atoms with E-state index in [0.717, 1.165) is 5.92 Å². The van der Waals surface area contributed by atoms with Gasteiger partial charge in [0.05, 0.1) is 0 Å².